The van der Waals surface area contributed by atoms with E-state index in [0.717, 1.165) is 18.2 Å². The predicted molar refractivity (Wildman–Crippen MR) is 114 cm³/mol. The highest BCUT2D eigenvalue weighted by Crippen LogP contribution is 2.38. The van der Waals surface area contributed by atoms with Crippen LogP contribution in [0.1, 0.15) is 36.0 Å². The topological polar surface area (TPSA) is 80.5 Å². The molecule has 1 saturated carbocycles. The van der Waals surface area contributed by atoms with E-state index < -0.39 is 35.5 Å². The van der Waals surface area contributed by atoms with Crippen LogP contribution < -0.4 is 15.8 Å². The molecule has 1 aliphatic carbocycles. The molecule has 1 aliphatic heterocycles. The van der Waals surface area contributed by atoms with Crippen LogP contribution in [0, 0.1) is 11.6 Å². The molecular weight excluding hydrogens is 440 g/mol. The number of carbonyl (C=O) groups is 1. The van der Waals surface area contributed by atoms with Gasteiger partial charge >= 0.3 is 0 Å². The number of rotatable bonds is 5. The Balaban J connectivity index is 1.52. The maximum atomic E-state index is 14.6. The van der Waals surface area contributed by atoms with Gasteiger partial charge in [0.15, 0.2) is 0 Å². The molecular formula is C23H26F4N4O2. The Morgan fingerprint density at radius 1 is 1.21 bits per heavy atom. The third kappa shape index (κ3) is 5.11. The summed E-state index contributed by atoms with van der Waals surface area (Å²) in [4.78, 5) is 18.7. The van der Waals surface area contributed by atoms with Crippen molar-refractivity contribution in [1.82, 2.24) is 15.2 Å². The molecule has 0 radical (unpaired) electrons. The molecule has 0 spiro atoms. The number of hydrogen-bond acceptors (Lipinski definition) is 5. The average molecular weight is 466 g/mol. The van der Waals surface area contributed by atoms with Crippen molar-refractivity contribution in [2.24, 2.45) is 5.73 Å². The number of nitrogens with zero attached hydrogens (tertiary/aromatic N) is 2. The number of ether oxygens (including phenoxy) is 1. The van der Waals surface area contributed by atoms with Crippen molar-refractivity contribution in [3.8, 4) is 17.0 Å². The van der Waals surface area contributed by atoms with E-state index >= 15 is 0 Å². The van der Waals surface area contributed by atoms with Gasteiger partial charge in [-0.2, -0.15) is 0 Å². The maximum Gasteiger partial charge on any atom is 0.263 e. The van der Waals surface area contributed by atoms with E-state index in [1.54, 1.807) is 4.90 Å². The van der Waals surface area contributed by atoms with Gasteiger partial charge in [-0.15, -0.1) is 0 Å². The lowest BCUT2D eigenvalue weighted by atomic mass is 9.86. The van der Waals surface area contributed by atoms with Gasteiger partial charge in [0.1, 0.15) is 11.6 Å². The van der Waals surface area contributed by atoms with Gasteiger partial charge in [-0.1, -0.05) is 0 Å². The first-order valence-electron chi connectivity index (χ1n) is 10.8. The van der Waals surface area contributed by atoms with Crippen LogP contribution in [0.3, 0.4) is 0 Å². The summed E-state index contributed by atoms with van der Waals surface area (Å²) < 4.78 is 61.8. The van der Waals surface area contributed by atoms with Gasteiger partial charge in [0.25, 0.3) is 11.8 Å². The minimum absolute atomic E-state index is 0.0966. The first-order chi connectivity index (χ1) is 15.7. The summed E-state index contributed by atoms with van der Waals surface area (Å²) in [7, 11) is 1.35. The third-order valence-corrected chi connectivity index (χ3v) is 6.33. The third-order valence-electron chi connectivity index (χ3n) is 6.33. The van der Waals surface area contributed by atoms with Crippen LogP contribution in [0.2, 0.25) is 0 Å². The number of aromatic nitrogens is 1. The molecule has 2 aromatic rings. The average Bonchev–Trinajstić information content (AvgIpc) is 3.19. The second kappa shape index (κ2) is 9.26. The van der Waals surface area contributed by atoms with Crippen LogP contribution in [0.4, 0.5) is 17.6 Å². The number of pyridine rings is 1. The van der Waals surface area contributed by atoms with Crippen LogP contribution in [0.15, 0.2) is 30.5 Å². The van der Waals surface area contributed by atoms with E-state index in [1.165, 1.54) is 19.4 Å². The van der Waals surface area contributed by atoms with Gasteiger partial charge in [0, 0.05) is 49.4 Å². The Morgan fingerprint density at radius 2 is 1.94 bits per heavy atom. The smallest absolute Gasteiger partial charge is 0.263 e. The zero-order chi connectivity index (χ0) is 23.8. The minimum Gasteiger partial charge on any atom is -0.481 e. The molecule has 1 aromatic carbocycles. The number of carbonyl (C=O) groups excluding carboxylic acids is 1. The number of methoxy groups -OCH3 is 1. The first kappa shape index (κ1) is 23.4. The van der Waals surface area contributed by atoms with Crippen molar-refractivity contribution in [3.05, 3.63) is 47.7 Å². The normalized spacial score (nSPS) is 25.1. The predicted octanol–water partition coefficient (Wildman–Crippen LogP) is 3.35. The molecule has 3 atom stereocenters. The van der Waals surface area contributed by atoms with Crippen LogP contribution >= 0.6 is 0 Å². The SMILES string of the molecule is COc1ncc(C(=O)NC2CCC(F)(F)C(N3CC[C@H](N)C3)C2)cc1-c1cc(F)cc(F)c1. The number of hydrogen-bond donors (Lipinski definition) is 2. The van der Waals surface area contributed by atoms with E-state index in [1.807, 2.05) is 0 Å². The molecule has 2 aliphatic rings. The first-order valence-corrected chi connectivity index (χ1v) is 10.8. The Kier molecular flexibility index (Phi) is 6.58. The highest BCUT2D eigenvalue weighted by molar-refractivity contribution is 5.95. The van der Waals surface area contributed by atoms with E-state index in [0.29, 0.717) is 19.5 Å². The molecule has 6 nitrogen and oxygen atoms in total. The lowest BCUT2D eigenvalue weighted by Gasteiger charge is -2.41. The van der Waals surface area contributed by atoms with Gasteiger partial charge in [-0.05, 0) is 43.0 Å². The largest absolute Gasteiger partial charge is 0.481 e. The van der Waals surface area contributed by atoms with Crippen molar-refractivity contribution in [2.75, 3.05) is 20.2 Å². The minimum atomic E-state index is -2.85. The lowest BCUT2D eigenvalue weighted by molar-refractivity contribution is -0.106. The molecule has 1 aromatic heterocycles. The van der Waals surface area contributed by atoms with Crippen LogP contribution in [-0.2, 0) is 0 Å². The lowest BCUT2D eigenvalue weighted by Crippen LogP contribution is -2.55. The molecule has 0 bridgehead atoms. The highest BCUT2D eigenvalue weighted by Gasteiger charge is 2.48. The zero-order valence-corrected chi connectivity index (χ0v) is 18.2. The number of amides is 1. The molecule has 33 heavy (non-hydrogen) atoms. The van der Waals surface area contributed by atoms with Crippen LogP contribution in [0.25, 0.3) is 11.1 Å². The number of alkyl halides is 2. The molecule has 4 rings (SSSR count). The van der Waals surface area contributed by atoms with E-state index in [9.17, 15) is 22.4 Å². The second-order valence-electron chi connectivity index (χ2n) is 8.70. The molecule has 10 heteroatoms. The summed E-state index contributed by atoms with van der Waals surface area (Å²) in [5.74, 6) is -4.81. The van der Waals surface area contributed by atoms with Gasteiger partial charge < -0.3 is 15.8 Å². The summed E-state index contributed by atoms with van der Waals surface area (Å²) in [6.07, 6.45) is 1.87. The fraction of sp³-hybridized carbons (Fsp3) is 0.478. The summed E-state index contributed by atoms with van der Waals surface area (Å²) in [6, 6.07) is 2.83. The fourth-order valence-electron chi connectivity index (χ4n) is 4.66. The van der Waals surface area contributed by atoms with Crippen LogP contribution in [-0.4, -0.2) is 60.0 Å². The molecule has 178 valence electrons. The Hall–Kier alpha value is -2.72. The van der Waals surface area contributed by atoms with Gasteiger partial charge in [0.2, 0.25) is 5.88 Å². The van der Waals surface area contributed by atoms with Gasteiger partial charge in [0.05, 0.1) is 18.7 Å². The zero-order valence-electron chi connectivity index (χ0n) is 18.2. The van der Waals surface area contributed by atoms with Crippen molar-refractivity contribution in [2.45, 2.75) is 49.7 Å². The van der Waals surface area contributed by atoms with Crippen molar-refractivity contribution in [1.29, 1.82) is 0 Å². The molecule has 2 fully saturated rings. The number of halogens is 4. The molecule has 1 saturated heterocycles. The van der Waals surface area contributed by atoms with E-state index in [-0.39, 0.29) is 47.9 Å². The van der Waals surface area contributed by atoms with Crippen molar-refractivity contribution >= 4 is 5.91 Å². The quantitative estimate of drug-likeness (QED) is 0.661. The summed E-state index contributed by atoms with van der Waals surface area (Å²) in [5, 5.41) is 2.82. The van der Waals surface area contributed by atoms with Crippen molar-refractivity contribution in [3.63, 3.8) is 0 Å². The summed E-state index contributed by atoms with van der Waals surface area (Å²) in [5.41, 5.74) is 6.43. The Morgan fingerprint density at radius 3 is 2.58 bits per heavy atom. The number of nitrogens with one attached hydrogen (secondary N) is 1. The number of likely N-dealkylation sites (tertiary alicyclic amines) is 1. The van der Waals surface area contributed by atoms with Crippen molar-refractivity contribution < 1.29 is 27.1 Å². The fourth-order valence-corrected chi connectivity index (χ4v) is 4.66. The Bertz CT molecular complexity index is 1020. The van der Waals surface area contributed by atoms with E-state index in [2.05, 4.69) is 10.3 Å². The maximum absolute atomic E-state index is 14.6. The van der Waals surface area contributed by atoms with Gasteiger partial charge in [-0.25, -0.2) is 22.5 Å². The molecule has 2 unspecified atom stereocenters. The second-order valence-corrected chi connectivity index (χ2v) is 8.70. The number of nitrogens with two attached hydrogens (primary N) is 1. The highest BCUT2D eigenvalue weighted by atomic mass is 19.3. The summed E-state index contributed by atoms with van der Waals surface area (Å²) in [6.45, 7) is 0.926. The standard InChI is InChI=1S/C23H26F4N4O2/c1-33-22-19(13-6-15(24)9-16(25)7-13)8-14(11-29-22)21(32)30-18-2-4-23(26,27)20(10-18)31-5-3-17(28)12-31/h6-9,11,17-18,20H,2-5,10,12,28H2,1H3,(H,30,32)/t17-,18?,20?/m0/s1. The summed E-state index contributed by atoms with van der Waals surface area (Å²) >= 11 is 0. The number of benzene rings is 1. The van der Waals surface area contributed by atoms with Crippen LogP contribution in [0.5, 0.6) is 5.88 Å². The molecule has 3 N–H and O–H groups in total. The monoisotopic (exact) mass is 466 g/mol. The van der Waals surface area contributed by atoms with E-state index in [4.69, 9.17) is 10.5 Å². The molecule has 2 heterocycles. The van der Waals surface area contributed by atoms with Gasteiger partial charge in [-0.3, -0.25) is 9.69 Å². The Labute approximate surface area is 189 Å². The molecule has 1 amide bonds.